The van der Waals surface area contributed by atoms with Gasteiger partial charge in [0.25, 0.3) is 0 Å². The minimum Gasteiger partial charge on any atom is -0.340 e. The van der Waals surface area contributed by atoms with Gasteiger partial charge in [-0.25, -0.2) is 12.7 Å². The summed E-state index contributed by atoms with van der Waals surface area (Å²) in [6.07, 6.45) is 1.80. The van der Waals surface area contributed by atoms with E-state index >= 15 is 0 Å². The maximum absolute atomic E-state index is 12.8. The van der Waals surface area contributed by atoms with E-state index in [2.05, 4.69) is 11.8 Å². The third-order valence-electron chi connectivity index (χ3n) is 5.82. The first kappa shape index (κ1) is 20.3. The topological polar surface area (TPSA) is 60.9 Å². The molecular weight excluding hydrogens is 362 g/mol. The van der Waals surface area contributed by atoms with E-state index in [4.69, 9.17) is 0 Å². The molecule has 2 aliphatic heterocycles. The lowest BCUT2D eigenvalue weighted by atomic mass is 9.96. The predicted octanol–water partition coefficient (Wildman–Crippen LogP) is 1.44. The minimum absolute atomic E-state index is 0.0289. The van der Waals surface area contributed by atoms with Gasteiger partial charge in [-0.2, -0.15) is 0 Å². The summed E-state index contributed by atoms with van der Waals surface area (Å²) in [4.78, 5) is 17.1. The van der Waals surface area contributed by atoms with Crippen LogP contribution in [0.25, 0.3) is 0 Å². The fourth-order valence-electron chi connectivity index (χ4n) is 3.94. The third kappa shape index (κ3) is 5.30. The smallest absolute Gasteiger partial charge is 0.225 e. The SMILES string of the molecule is CCN1CCN(C(=O)C2CCN(S(=O)(=O)CCc3ccccc3)CC2)CC1. The van der Waals surface area contributed by atoms with Crippen molar-refractivity contribution >= 4 is 15.9 Å². The van der Waals surface area contributed by atoms with Gasteiger partial charge < -0.3 is 9.80 Å². The van der Waals surface area contributed by atoms with Crippen LogP contribution in [0, 0.1) is 5.92 Å². The molecule has 27 heavy (non-hydrogen) atoms. The summed E-state index contributed by atoms with van der Waals surface area (Å²) in [5.41, 5.74) is 1.04. The van der Waals surface area contributed by atoms with Gasteiger partial charge in [-0.3, -0.25) is 4.79 Å². The number of carbonyl (C=O) groups is 1. The van der Waals surface area contributed by atoms with Crippen LogP contribution in [-0.2, 0) is 21.2 Å². The lowest BCUT2D eigenvalue weighted by molar-refractivity contribution is -0.138. The van der Waals surface area contributed by atoms with Crippen LogP contribution in [0.15, 0.2) is 30.3 Å². The van der Waals surface area contributed by atoms with Crippen LogP contribution < -0.4 is 0 Å². The van der Waals surface area contributed by atoms with Crippen LogP contribution in [-0.4, -0.2) is 80.0 Å². The molecule has 0 radical (unpaired) electrons. The van der Waals surface area contributed by atoms with Gasteiger partial charge in [0.1, 0.15) is 0 Å². The second kappa shape index (κ2) is 9.17. The molecule has 1 amide bonds. The predicted molar refractivity (Wildman–Crippen MR) is 107 cm³/mol. The van der Waals surface area contributed by atoms with Gasteiger partial charge in [-0.05, 0) is 31.4 Å². The van der Waals surface area contributed by atoms with Gasteiger partial charge >= 0.3 is 0 Å². The Morgan fingerprint density at radius 3 is 2.22 bits per heavy atom. The number of piperidine rings is 1. The van der Waals surface area contributed by atoms with E-state index in [-0.39, 0.29) is 17.6 Å². The Morgan fingerprint density at radius 2 is 1.63 bits per heavy atom. The van der Waals surface area contributed by atoms with E-state index in [9.17, 15) is 13.2 Å². The Hall–Kier alpha value is -1.44. The van der Waals surface area contributed by atoms with Crippen molar-refractivity contribution in [3.8, 4) is 0 Å². The van der Waals surface area contributed by atoms with E-state index in [1.54, 1.807) is 4.31 Å². The molecule has 2 heterocycles. The van der Waals surface area contributed by atoms with Crippen molar-refractivity contribution in [2.75, 3.05) is 51.6 Å². The Labute approximate surface area is 163 Å². The molecule has 0 N–H and O–H groups in total. The quantitative estimate of drug-likeness (QED) is 0.734. The summed E-state index contributed by atoms with van der Waals surface area (Å²) >= 11 is 0. The normalized spacial score (nSPS) is 20.7. The number of sulfonamides is 1. The first-order valence-electron chi connectivity index (χ1n) is 10.0. The van der Waals surface area contributed by atoms with Crippen LogP contribution in [0.3, 0.4) is 0 Å². The molecule has 2 aliphatic rings. The number of aryl methyl sites for hydroxylation is 1. The summed E-state index contributed by atoms with van der Waals surface area (Å²) in [5.74, 6) is 0.319. The molecule has 6 nitrogen and oxygen atoms in total. The highest BCUT2D eigenvalue weighted by molar-refractivity contribution is 7.89. The molecule has 0 aromatic heterocycles. The molecule has 2 fully saturated rings. The van der Waals surface area contributed by atoms with Gasteiger partial charge in [0, 0.05) is 45.2 Å². The molecule has 150 valence electrons. The Morgan fingerprint density at radius 1 is 1.00 bits per heavy atom. The van der Waals surface area contributed by atoms with Crippen molar-refractivity contribution < 1.29 is 13.2 Å². The van der Waals surface area contributed by atoms with Gasteiger partial charge in [0.2, 0.25) is 15.9 Å². The van der Waals surface area contributed by atoms with Crippen LogP contribution in [0.5, 0.6) is 0 Å². The summed E-state index contributed by atoms with van der Waals surface area (Å²) in [7, 11) is -3.26. The molecule has 1 aromatic carbocycles. The molecular formula is C20H31N3O3S. The van der Waals surface area contributed by atoms with Crippen molar-refractivity contribution in [3.63, 3.8) is 0 Å². The van der Waals surface area contributed by atoms with Crippen LogP contribution in [0.1, 0.15) is 25.3 Å². The fourth-order valence-corrected chi connectivity index (χ4v) is 5.46. The number of likely N-dealkylation sites (N-methyl/N-ethyl adjacent to an activating group) is 1. The van der Waals surface area contributed by atoms with E-state index in [1.807, 2.05) is 35.2 Å². The highest BCUT2D eigenvalue weighted by Crippen LogP contribution is 2.23. The van der Waals surface area contributed by atoms with Crippen molar-refractivity contribution in [1.29, 1.82) is 0 Å². The fraction of sp³-hybridized carbons (Fsp3) is 0.650. The van der Waals surface area contributed by atoms with E-state index in [0.29, 0.717) is 32.4 Å². The second-order valence-corrected chi connectivity index (χ2v) is 9.57. The monoisotopic (exact) mass is 393 g/mol. The zero-order chi connectivity index (χ0) is 19.3. The Bertz CT molecular complexity index is 707. The molecule has 3 rings (SSSR count). The number of hydrogen-bond donors (Lipinski definition) is 0. The zero-order valence-electron chi connectivity index (χ0n) is 16.2. The van der Waals surface area contributed by atoms with Gasteiger partial charge in [0.05, 0.1) is 5.75 Å². The largest absolute Gasteiger partial charge is 0.340 e. The molecule has 0 bridgehead atoms. The number of hydrogen-bond acceptors (Lipinski definition) is 4. The van der Waals surface area contributed by atoms with E-state index in [1.165, 1.54) is 0 Å². The summed E-state index contributed by atoms with van der Waals surface area (Å²) in [6.45, 7) is 7.56. The first-order chi connectivity index (χ1) is 13.0. The van der Waals surface area contributed by atoms with E-state index in [0.717, 1.165) is 38.3 Å². The maximum Gasteiger partial charge on any atom is 0.225 e. The Balaban J connectivity index is 1.47. The van der Waals surface area contributed by atoms with Crippen molar-refractivity contribution in [2.24, 2.45) is 5.92 Å². The summed E-state index contributed by atoms with van der Waals surface area (Å²) in [5, 5.41) is 0. The van der Waals surface area contributed by atoms with E-state index < -0.39 is 10.0 Å². The molecule has 2 saturated heterocycles. The summed E-state index contributed by atoms with van der Waals surface area (Å²) < 4.78 is 26.8. The molecule has 0 spiro atoms. The third-order valence-corrected chi connectivity index (χ3v) is 7.69. The number of carbonyl (C=O) groups excluding carboxylic acids is 1. The molecule has 0 unspecified atom stereocenters. The standard InChI is InChI=1S/C20H31N3O3S/c1-2-21-13-15-22(16-14-21)20(24)19-8-11-23(12-9-19)27(25,26)17-10-18-6-4-3-5-7-18/h3-7,19H,2,8-17H2,1H3. The average molecular weight is 394 g/mol. The maximum atomic E-state index is 12.8. The number of rotatable bonds is 6. The minimum atomic E-state index is -3.26. The lowest BCUT2D eigenvalue weighted by Crippen LogP contribution is -2.51. The van der Waals surface area contributed by atoms with Crippen molar-refractivity contribution in [3.05, 3.63) is 35.9 Å². The second-order valence-electron chi connectivity index (χ2n) is 7.48. The molecule has 1 aromatic rings. The van der Waals surface area contributed by atoms with Crippen LogP contribution in [0.2, 0.25) is 0 Å². The van der Waals surface area contributed by atoms with Crippen molar-refractivity contribution in [1.82, 2.24) is 14.1 Å². The van der Waals surface area contributed by atoms with Crippen molar-refractivity contribution in [2.45, 2.75) is 26.2 Å². The van der Waals surface area contributed by atoms with Gasteiger partial charge in [-0.1, -0.05) is 37.3 Å². The van der Waals surface area contributed by atoms with Crippen LogP contribution >= 0.6 is 0 Å². The number of benzene rings is 1. The van der Waals surface area contributed by atoms with Gasteiger partial charge in [0.15, 0.2) is 0 Å². The highest BCUT2D eigenvalue weighted by Gasteiger charge is 2.33. The number of amides is 1. The highest BCUT2D eigenvalue weighted by atomic mass is 32.2. The van der Waals surface area contributed by atoms with Gasteiger partial charge in [-0.15, -0.1) is 0 Å². The molecule has 7 heteroatoms. The van der Waals surface area contributed by atoms with Crippen LogP contribution in [0.4, 0.5) is 0 Å². The number of piperazine rings is 1. The zero-order valence-corrected chi connectivity index (χ0v) is 17.0. The Kier molecular flexibility index (Phi) is 6.89. The summed E-state index contributed by atoms with van der Waals surface area (Å²) in [6, 6.07) is 9.71. The number of nitrogens with zero attached hydrogens (tertiary/aromatic N) is 3. The molecule has 0 aliphatic carbocycles. The molecule has 0 atom stereocenters. The lowest BCUT2D eigenvalue weighted by Gasteiger charge is -2.38. The average Bonchev–Trinajstić information content (AvgIpc) is 2.73. The first-order valence-corrected chi connectivity index (χ1v) is 11.6. The molecule has 0 saturated carbocycles.